The monoisotopic (exact) mass is 366 g/mol. The molecular formula is C19H15FN4O3. The van der Waals surface area contributed by atoms with Crippen LogP contribution in [0.25, 0.3) is 11.5 Å². The Morgan fingerprint density at radius 3 is 2.48 bits per heavy atom. The van der Waals surface area contributed by atoms with Crippen molar-refractivity contribution >= 4 is 11.9 Å². The molecular weight excluding hydrogens is 351 g/mol. The molecule has 0 aliphatic carbocycles. The Kier molecular flexibility index (Phi) is 3.95. The van der Waals surface area contributed by atoms with Gasteiger partial charge in [0.2, 0.25) is 11.8 Å². The Morgan fingerprint density at radius 2 is 1.78 bits per heavy atom. The average Bonchev–Trinajstić information content (AvgIpc) is 3.23. The highest BCUT2D eigenvalue weighted by atomic mass is 19.1. The number of urea groups is 1. The molecule has 0 saturated carbocycles. The zero-order chi connectivity index (χ0) is 19.0. The summed E-state index contributed by atoms with van der Waals surface area (Å²) in [6.07, 6.45) is 0. The number of rotatable bonds is 4. The van der Waals surface area contributed by atoms with Crippen LogP contribution in [0, 0.1) is 5.82 Å². The lowest BCUT2D eigenvalue weighted by molar-refractivity contribution is -0.131. The summed E-state index contributed by atoms with van der Waals surface area (Å²) >= 11 is 0. The molecule has 1 fully saturated rings. The van der Waals surface area contributed by atoms with Crippen LogP contribution < -0.4 is 5.32 Å². The number of hydrogen-bond acceptors (Lipinski definition) is 5. The highest BCUT2D eigenvalue weighted by Gasteiger charge is 2.49. The number of carbonyl (C=O) groups excluding carboxylic acids is 2. The SMILES string of the molecule is C[C@]1(c2ccccc2)NC(=O)N(Cc2nnc(-c3ccc(F)cc3)o2)C1=O. The first-order chi connectivity index (χ1) is 13.0. The van der Waals surface area contributed by atoms with Crippen molar-refractivity contribution in [3.63, 3.8) is 0 Å². The molecule has 3 amide bonds. The molecule has 2 aromatic carbocycles. The van der Waals surface area contributed by atoms with Gasteiger partial charge in [0.25, 0.3) is 5.91 Å². The Hall–Kier alpha value is -3.55. The van der Waals surface area contributed by atoms with Gasteiger partial charge in [0, 0.05) is 5.56 Å². The van der Waals surface area contributed by atoms with Crippen LogP contribution in [0.1, 0.15) is 18.4 Å². The van der Waals surface area contributed by atoms with Crippen LogP contribution >= 0.6 is 0 Å². The summed E-state index contributed by atoms with van der Waals surface area (Å²) in [4.78, 5) is 26.3. The van der Waals surface area contributed by atoms with E-state index >= 15 is 0 Å². The molecule has 3 aromatic rings. The molecule has 0 unspecified atom stereocenters. The molecule has 1 aromatic heterocycles. The molecule has 1 aliphatic heterocycles. The largest absolute Gasteiger partial charge is 0.419 e. The maximum absolute atomic E-state index is 13.0. The standard InChI is InChI=1S/C19H15FN4O3/c1-19(13-5-3-2-4-6-13)17(25)24(18(26)21-19)11-15-22-23-16(27-15)12-7-9-14(20)10-8-12/h2-10H,11H2,1H3,(H,21,26)/t19-/m1/s1. The zero-order valence-corrected chi connectivity index (χ0v) is 14.3. The van der Waals surface area contributed by atoms with E-state index in [0.29, 0.717) is 11.1 Å². The smallest absolute Gasteiger partial charge is 0.325 e. The molecule has 136 valence electrons. The van der Waals surface area contributed by atoms with Crippen molar-refractivity contribution < 1.29 is 18.4 Å². The maximum atomic E-state index is 13.0. The average molecular weight is 366 g/mol. The number of benzene rings is 2. The fraction of sp³-hybridized carbons (Fsp3) is 0.158. The minimum absolute atomic E-state index is 0.107. The van der Waals surface area contributed by atoms with E-state index < -0.39 is 17.5 Å². The Bertz CT molecular complexity index is 1000. The molecule has 1 atom stereocenters. The Morgan fingerprint density at radius 1 is 1.07 bits per heavy atom. The summed E-state index contributed by atoms with van der Waals surface area (Å²) < 4.78 is 18.5. The van der Waals surface area contributed by atoms with E-state index in [1.807, 2.05) is 6.07 Å². The topological polar surface area (TPSA) is 88.3 Å². The summed E-state index contributed by atoms with van der Waals surface area (Å²) in [5.41, 5.74) is 0.0721. The van der Waals surface area contributed by atoms with Crippen molar-refractivity contribution in [1.82, 2.24) is 20.4 Å². The van der Waals surface area contributed by atoms with Gasteiger partial charge in [-0.3, -0.25) is 9.69 Å². The summed E-state index contributed by atoms with van der Waals surface area (Å²) in [7, 11) is 0. The highest BCUT2D eigenvalue weighted by molar-refractivity contribution is 6.07. The van der Waals surface area contributed by atoms with Crippen molar-refractivity contribution in [1.29, 1.82) is 0 Å². The number of carbonyl (C=O) groups is 2. The van der Waals surface area contributed by atoms with E-state index in [0.717, 1.165) is 4.90 Å². The van der Waals surface area contributed by atoms with Gasteiger partial charge in [-0.25, -0.2) is 9.18 Å². The number of nitrogens with zero attached hydrogens (tertiary/aromatic N) is 3. The van der Waals surface area contributed by atoms with Crippen LogP contribution in [0.2, 0.25) is 0 Å². The van der Waals surface area contributed by atoms with E-state index in [-0.39, 0.29) is 24.1 Å². The first-order valence-electron chi connectivity index (χ1n) is 8.25. The van der Waals surface area contributed by atoms with Crippen molar-refractivity contribution in [3.8, 4) is 11.5 Å². The quantitative estimate of drug-likeness (QED) is 0.718. The molecule has 4 rings (SSSR count). The molecule has 0 spiro atoms. The van der Waals surface area contributed by atoms with Gasteiger partial charge in [0.05, 0.1) is 0 Å². The number of imide groups is 1. The predicted octanol–water partition coefficient (Wildman–Crippen LogP) is 2.84. The molecule has 1 aliphatic rings. The van der Waals surface area contributed by atoms with Gasteiger partial charge in [-0.05, 0) is 36.8 Å². The van der Waals surface area contributed by atoms with E-state index in [1.54, 1.807) is 31.2 Å². The lowest BCUT2D eigenvalue weighted by Crippen LogP contribution is -2.40. The summed E-state index contributed by atoms with van der Waals surface area (Å²) in [5.74, 6) is -0.490. The van der Waals surface area contributed by atoms with Gasteiger partial charge in [-0.15, -0.1) is 10.2 Å². The van der Waals surface area contributed by atoms with Crippen molar-refractivity contribution in [2.24, 2.45) is 0 Å². The molecule has 1 saturated heterocycles. The van der Waals surface area contributed by atoms with Crippen molar-refractivity contribution in [3.05, 3.63) is 71.9 Å². The second kappa shape index (κ2) is 6.31. The third-order valence-corrected chi connectivity index (χ3v) is 4.48. The Labute approximate surface area is 153 Å². The fourth-order valence-corrected chi connectivity index (χ4v) is 2.97. The first kappa shape index (κ1) is 16.9. The normalized spacial score (nSPS) is 19.4. The Balaban J connectivity index is 1.56. The molecule has 1 N–H and O–H groups in total. The molecule has 27 heavy (non-hydrogen) atoms. The summed E-state index contributed by atoms with van der Waals surface area (Å²) in [5, 5.41) is 10.5. The molecule has 2 heterocycles. The minimum atomic E-state index is -1.15. The van der Waals surface area contributed by atoms with Gasteiger partial charge in [0.1, 0.15) is 17.9 Å². The molecule has 8 heteroatoms. The van der Waals surface area contributed by atoms with Gasteiger partial charge >= 0.3 is 6.03 Å². The van der Waals surface area contributed by atoms with Gasteiger partial charge in [-0.2, -0.15) is 0 Å². The third-order valence-electron chi connectivity index (χ3n) is 4.48. The van der Waals surface area contributed by atoms with Crippen molar-refractivity contribution in [2.75, 3.05) is 0 Å². The van der Waals surface area contributed by atoms with Crippen molar-refractivity contribution in [2.45, 2.75) is 19.0 Å². The van der Waals surface area contributed by atoms with Crippen LogP contribution in [-0.4, -0.2) is 27.0 Å². The lowest BCUT2D eigenvalue weighted by Gasteiger charge is -2.21. The zero-order valence-electron chi connectivity index (χ0n) is 14.3. The predicted molar refractivity (Wildman–Crippen MR) is 92.6 cm³/mol. The minimum Gasteiger partial charge on any atom is -0.419 e. The lowest BCUT2D eigenvalue weighted by atomic mass is 9.92. The summed E-state index contributed by atoms with van der Waals surface area (Å²) in [6.45, 7) is 1.50. The maximum Gasteiger partial charge on any atom is 0.325 e. The number of amides is 3. The second-order valence-electron chi connectivity index (χ2n) is 6.32. The second-order valence-corrected chi connectivity index (χ2v) is 6.32. The number of nitrogens with one attached hydrogen (secondary N) is 1. The third kappa shape index (κ3) is 2.95. The molecule has 7 nitrogen and oxygen atoms in total. The van der Waals surface area contributed by atoms with Crippen LogP contribution in [0.15, 0.2) is 59.0 Å². The van der Waals surface area contributed by atoms with Crippen LogP contribution in [0.4, 0.5) is 9.18 Å². The fourth-order valence-electron chi connectivity index (χ4n) is 2.97. The number of hydrogen-bond donors (Lipinski definition) is 1. The van der Waals surface area contributed by atoms with E-state index in [2.05, 4.69) is 15.5 Å². The van der Waals surface area contributed by atoms with E-state index in [4.69, 9.17) is 4.42 Å². The number of aromatic nitrogens is 2. The first-order valence-corrected chi connectivity index (χ1v) is 8.25. The summed E-state index contributed by atoms with van der Waals surface area (Å²) in [6, 6.07) is 14.0. The highest BCUT2D eigenvalue weighted by Crippen LogP contribution is 2.29. The van der Waals surface area contributed by atoms with Gasteiger partial charge in [-0.1, -0.05) is 30.3 Å². The molecule has 0 radical (unpaired) electrons. The van der Waals surface area contributed by atoms with Crippen LogP contribution in [0.5, 0.6) is 0 Å². The van der Waals surface area contributed by atoms with Gasteiger partial charge in [0.15, 0.2) is 0 Å². The van der Waals surface area contributed by atoms with Crippen LogP contribution in [-0.2, 0) is 16.9 Å². The molecule has 0 bridgehead atoms. The van der Waals surface area contributed by atoms with Crippen LogP contribution in [0.3, 0.4) is 0 Å². The van der Waals surface area contributed by atoms with E-state index in [1.165, 1.54) is 24.3 Å². The van der Waals surface area contributed by atoms with Gasteiger partial charge < -0.3 is 9.73 Å². The van der Waals surface area contributed by atoms with E-state index in [9.17, 15) is 14.0 Å². The number of halogens is 1.